The van der Waals surface area contributed by atoms with E-state index in [4.69, 9.17) is 22.7 Å². The van der Waals surface area contributed by atoms with Gasteiger partial charge in [-0.05, 0) is 55.7 Å². The number of nitrogens with two attached hydrogens (primary N) is 1. The largest absolute Gasteiger partial charge is 0.490 e. The monoisotopic (exact) mass is 277 g/mol. The third-order valence-electron chi connectivity index (χ3n) is 3.98. The maximum atomic E-state index is 6.15. The first-order valence-electron chi connectivity index (χ1n) is 6.94. The summed E-state index contributed by atoms with van der Waals surface area (Å²) in [5, 5.41) is 0. The van der Waals surface area contributed by atoms with E-state index in [-0.39, 0.29) is 0 Å². The van der Waals surface area contributed by atoms with Crippen molar-refractivity contribution in [2.24, 2.45) is 11.1 Å². The standard InChI is InChI=1S/C16H23NOS/c1-11-4-5-13(15(17)19)14(10-11)18-12-6-8-16(2,3)9-7-12/h4-5,10,12H,6-9H2,1-3H3,(H2,17,19). The molecule has 1 aliphatic carbocycles. The number of rotatable bonds is 3. The molecule has 0 aliphatic heterocycles. The molecule has 0 spiro atoms. The van der Waals surface area contributed by atoms with Gasteiger partial charge in [-0.1, -0.05) is 32.1 Å². The minimum atomic E-state index is 0.294. The van der Waals surface area contributed by atoms with Crippen LogP contribution in [0.25, 0.3) is 0 Å². The fourth-order valence-electron chi connectivity index (χ4n) is 2.60. The van der Waals surface area contributed by atoms with E-state index in [9.17, 15) is 0 Å². The summed E-state index contributed by atoms with van der Waals surface area (Å²) in [6.45, 7) is 6.72. The average molecular weight is 277 g/mol. The fraction of sp³-hybridized carbons (Fsp3) is 0.562. The van der Waals surface area contributed by atoms with Crippen molar-refractivity contribution in [2.45, 2.75) is 52.6 Å². The first-order valence-corrected chi connectivity index (χ1v) is 7.35. The minimum Gasteiger partial charge on any atom is -0.490 e. The number of ether oxygens (including phenoxy) is 1. The molecule has 0 aromatic heterocycles. The summed E-state index contributed by atoms with van der Waals surface area (Å²) in [5.74, 6) is 0.845. The van der Waals surface area contributed by atoms with Gasteiger partial charge in [0.2, 0.25) is 0 Å². The van der Waals surface area contributed by atoms with Crippen molar-refractivity contribution in [2.75, 3.05) is 0 Å². The maximum Gasteiger partial charge on any atom is 0.130 e. The normalized spacial score (nSPS) is 19.1. The van der Waals surface area contributed by atoms with Crippen LogP contribution in [0.15, 0.2) is 18.2 Å². The second kappa shape index (κ2) is 5.49. The zero-order valence-electron chi connectivity index (χ0n) is 12.0. The summed E-state index contributed by atoms with van der Waals surface area (Å²) in [6, 6.07) is 6.01. The molecule has 0 saturated heterocycles. The second-order valence-corrected chi connectivity index (χ2v) is 6.79. The summed E-state index contributed by atoms with van der Waals surface area (Å²) >= 11 is 5.09. The van der Waals surface area contributed by atoms with E-state index in [2.05, 4.69) is 20.8 Å². The van der Waals surface area contributed by atoms with E-state index >= 15 is 0 Å². The number of benzene rings is 1. The zero-order valence-corrected chi connectivity index (χ0v) is 12.8. The van der Waals surface area contributed by atoms with Gasteiger partial charge in [0.25, 0.3) is 0 Å². The SMILES string of the molecule is Cc1ccc(C(N)=S)c(OC2CCC(C)(C)CC2)c1. The van der Waals surface area contributed by atoms with Crippen molar-refractivity contribution in [1.82, 2.24) is 0 Å². The van der Waals surface area contributed by atoms with Gasteiger partial charge < -0.3 is 10.5 Å². The Morgan fingerprint density at radius 1 is 1.32 bits per heavy atom. The van der Waals surface area contributed by atoms with E-state index in [1.54, 1.807) is 0 Å². The van der Waals surface area contributed by atoms with Crippen molar-refractivity contribution in [1.29, 1.82) is 0 Å². The average Bonchev–Trinajstić information content (AvgIpc) is 2.31. The van der Waals surface area contributed by atoms with Gasteiger partial charge in [-0.2, -0.15) is 0 Å². The highest BCUT2D eigenvalue weighted by Gasteiger charge is 2.28. The van der Waals surface area contributed by atoms with Crippen LogP contribution in [0.3, 0.4) is 0 Å². The van der Waals surface area contributed by atoms with E-state index in [1.165, 1.54) is 18.4 Å². The summed E-state index contributed by atoms with van der Waals surface area (Å²) < 4.78 is 6.15. The van der Waals surface area contributed by atoms with Gasteiger partial charge in [0, 0.05) is 0 Å². The Bertz CT molecular complexity index is 472. The van der Waals surface area contributed by atoms with Gasteiger partial charge in [0.05, 0.1) is 11.7 Å². The molecule has 1 aromatic rings. The molecule has 0 atom stereocenters. The molecule has 2 N–H and O–H groups in total. The molecule has 19 heavy (non-hydrogen) atoms. The molecule has 1 saturated carbocycles. The lowest BCUT2D eigenvalue weighted by atomic mass is 9.76. The molecule has 1 aromatic carbocycles. The van der Waals surface area contributed by atoms with Crippen LogP contribution in [-0.4, -0.2) is 11.1 Å². The predicted molar refractivity (Wildman–Crippen MR) is 83.7 cm³/mol. The van der Waals surface area contributed by atoms with Crippen LogP contribution in [0, 0.1) is 12.3 Å². The number of hydrogen-bond donors (Lipinski definition) is 1. The van der Waals surface area contributed by atoms with Crippen molar-refractivity contribution in [3.05, 3.63) is 29.3 Å². The highest BCUT2D eigenvalue weighted by Crippen LogP contribution is 2.37. The highest BCUT2D eigenvalue weighted by atomic mass is 32.1. The smallest absolute Gasteiger partial charge is 0.130 e. The van der Waals surface area contributed by atoms with Gasteiger partial charge in [-0.3, -0.25) is 0 Å². The van der Waals surface area contributed by atoms with Crippen LogP contribution in [0.1, 0.15) is 50.7 Å². The van der Waals surface area contributed by atoms with Gasteiger partial charge in [0.15, 0.2) is 0 Å². The highest BCUT2D eigenvalue weighted by molar-refractivity contribution is 7.80. The Balaban J connectivity index is 2.11. The van der Waals surface area contributed by atoms with Crippen molar-refractivity contribution in [3.63, 3.8) is 0 Å². The van der Waals surface area contributed by atoms with E-state index in [1.807, 2.05) is 18.2 Å². The summed E-state index contributed by atoms with van der Waals surface area (Å²) in [4.78, 5) is 0.408. The molecule has 104 valence electrons. The maximum absolute atomic E-state index is 6.15. The summed E-state index contributed by atoms with van der Waals surface area (Å²) in [5.41, 5.74) is 8.25. The van der Waals surface area contributed by atoms with E-state index < -0.39 is 0 Å². The van der Waals surface area contributed by atoms with Crippen LogP contribution in [0.2, 0.25) is 0 Å². The molecule has 0 bridgehead atoms. The molecule has 2 rings (SSSR count). The zero-order chi connectivity index (χ0) is 14.0. The molecule has 1 fully saturated rings. The molecular weight excluding hydrogens is 254 g/mol. The number of aryl methyl sites for hydroxylation is 1. The molecular formula is C16H23NOS. The quantitative estimate of drug-likeness (QED) is 0.849. The van der Waals surface area contributed by atoms with Crippen molar-refractivity contribution in [3.8, 4) is 5.75 Å². The van der Waals surface area contributed by atoms with Crippen LogP contribution in [-0.2, 0) is 0 Å². The lowest BCUT2D eigenvalue weighted by Crippen LogP contribution is -2.29. The minimum absolute atomic E-state index is 0.294. The molecule has 0 amide bonds. The van der Waals surface area contributed by atoms with E-state index in [0.717, 1.165) is 24.2 Å². The van der Waals surface area contributed by atoms with Gasteiger partial charge in [0.1, 0.15) is 10.7 Å². The first kappa shape index (κ1) is 14.3. The van der Waals surface area contributed by atoms with Gasteiger partial charge in [-0.15, -0.1) is 0 Å². The predicted octanol–water partition coefficient (Wildman–Crippen LogP) is 3.98. The van der Waals surface area contributed by atoms with Crippen molar-refractivity contribution >= 4 is 17.2 Å². The topological polar surface area (TPSA) is 35.2 Å². The second-order valence-electron chi connectivity index (χ2n) is 6.35. The van der Waals surface area contributed by atoms with Crippen LogP contribution >= 0.6 is 12.2 Å². The van der Waals surface area contributed by atoms with Crippen molar-refractivity contribution < 1.29 is 4.74 Å². The van der Waals surface area contributed by atoms with Gasteiger partial charge >= 0.3 is 0 Å². The number of hydrogen-bond acceptors (Lipinski definition) is 2. The summed E-state index contributed by atoms with van der Waals surface area (Å²) in [6.07, 6.45) is 4.94. The molecule has 2 nitrogen and oxygen atoms in total. The van der Waals surface area contributed by atoms with E-state index in [0.29, 0.717) is 16.5 Å². The number of thiocarbonyl (C=S) groups is 1. The Labute approximate surface area is 121 Å². The Morgan fingerprint density at radius 3 is 2.53 bits per heavy atom. The molecule has 0 unspecified atom stereocenters. The van der Waals surface area contributed by atoms with Crippen LogP contribution < -0.4 is 10.5 Å². The van der Waals surface area contributed by atoms with Crippen LogP contribution in [0.5, 0.6) is 5.75 Å². The Morgan fingerprint density at radius 2 is 1.95 bits per heavy atom. The molecule has 0 radical (unpaired) electrons. The summed E-state index contributed by atoms with van der Waals surface area (Å²) in [7, 11) is 0. The Hall–Kier alpha value is -1.09. The molecule has 3 heteroatoms. The first-order chi connectivity index (χ1) is 8.87. The molecule has 0 heterocycles. The lowest BCUT2D eigenvalue weighted by molar-refractivity contribution is 0.0986. The van der Waals surface area contributed by atoms with Crippen LogP contribution in [0.4, 0.5) is 0 Å². The molecule has 1 aliphatic rings. The third-order valence-corrected chi connectivity index (χ3v) is 4.20. The third kappa shape index (κ3) is 3.69. The Kier molecular flexibility index (Phi) is 4.14. The van der Waals surface area contributed by atoms with Gasteiger partial charge in [-0.25, -0.2) is 0 Å². The fourth-order valence-corrected chi connectivity index (χ4v) is 2.77. The lowest BCUT2D eigenvalue weighted by Gasteiger charge is -2.34.